The monoisotopic (exact) mass is 231 g/mol. The molecule has 1 aliphatic heterocycles. The molecule has 17 heavy (non-hydrogen) atoms. The van der Waals surface area contributed by atoms with Crippen LogP contribution in [0.3, 0.4) is 0 Å². The largest absolute Gasteiger partial charge is 0.392 e. The Balaban J connectivity index is 1.92. The number of nitrogens with zero attached hydrogens (tertiary/aromatic N) is 1. The van der Waals surface area contributed by atoms with E-state index in [2.05, 4.69) is 42.2 Å². The Morgan fingerprint density at radius 2 is 2.18 bits per heavy atom. The van der Waals surface area contributed by atoms with Gasteiger partial charge in [-0.1, -0.05) is 42.0 Å². The molecule has 1 unspecified atom stereocenters. The molecule has 1 heterocycles. The zero-order valence-corrected chi connectivity index (χ0v) is 10.5. The first-order chi connectivity index (χ1) is 8.24. The standard InChI is InChI=1S/C15H21NO/c1-13(10-14-6-3-2-4-7-14)11-16-9-5-8-15(17)12-16/h2-4,6-7,10,15,17H,5,8-9,11-12H2,1H3/b13-10-. The van der Waals surface area contributed by atoms with Gasteiger partial charge in [0, 0.05) is 13.1 Å². The highest BCUT2D eigenvalue weighted by atomic mass is 16.3. The molecule has 0 aliphatic carbocycles. The maximum Gasteiger partial charge on any atom is 0.0667 e. The summed E-state index contributed by atoms with van der Waals surface area (Å²) in [5, 5.41) is 9.62. The van der Waals surface area contributed by atoms with Gasteiger partial charge in [-0.25, -0.2) is 0 Å². The lowest BCUT2D eigenvalue weighted by atomic mass is 10.1. The summed E-state index contributed by atoms with van der Waals surface area (Å²) in [7, 11) is 0. The Morgan fingerprint density at radius 3 is 2.88 bits per heavy atom. The van der Waals surface area contributed by atoms with Crippen molar-refractivity contribution in [2.75, 3.05) is 19.6 Å². The molecule has 1 saturated heterocycles. The molecule has 1 fully saturated rings. The van der Waals surface area contributed by atoms with Gasteiger partial charge in [-0.3, -0.25) is 4.90 Å². The molecule has 0 amide bonds. The normalized spacial score (nSPS) is 22.7. The fourth-order valence-electron chi connectivity index (χ4n) is 2.41. The van der Waals surface area contributed by atoms with Gasteiger partial charge >= 0.3 is 0 Å². The lowest BCUT2D eigenvalue weighted by Crippen LogP contribution is -2.38. The fourth-order valence-corrected chi connectivity index (χ4v) is 2.41. The number of likely N-dealkylation sites (tertiary alicyclic amines) is 1. The predicted molar refractivity (Wildman–Crippen MR) is 71.8 cm³/mol. The van der Waals surface area contributed by atoms with Crippen molar-refractivity contribution in [2.24, 2.45) is 0 Å². The second kappa shape index (κ2) is 5.99. The first kappa shape index (κ1) is 12.3. The zero-order chi connectivity index (χ0) is 12.1. The van der Waals surface area contributed by atoms with E-state index in [9.17, 15) is 5.11 Å². The first-order valence-electron chi connectivity index (χ1n) is 6.36. The van der Waals surface area contributed by atoms with Gasteiger partial charge < -0.3 is 5.11 Å². The number of benzene rings is 1. The van der Waals surface area contributed by atoms with Crippen LogP contribution in [0.15, 0.2) is 35.9 Å². The average molecular weight is 231 g/mol. The Morgan fingerprint density at radius 1 is 1.41 bits per heavy atom. The number of β-amino-alcohol motifs (C(OH)–C–C–N with tert-alkyl or cyclic N) is 1. The summed E-state index contributed by atoms with van der Waals surface area (Å²) in [6.07, 6.45) is 4.16. The Bertz CT molecular complexity index is 372. The molecule has 2 nitrogen and oxygen atoms in total. The molecule has 0 saturated carbocycles. The lowest BCUT2D eigenvalue weighted by molar-refractivity contribution is 0.0759. The maximum absolute atomic E-state index is 9.62. The highest BCUT2D eigenvalue weighted by Crippen LogP contribution is 2.13. The summed E-state index contributed by atoms with van der Waals surface area (Å²) in [4.78, 5) is 2.34. The minimum Gasteiger partial charge on any atom is -0.392 e. The molecule has 1 aromatic rings. The summed E-state index contributed by atoms with van der Waals surface area (Å²) >= 11 is 0. The summed E-state index contributed by atoms with van der Waals surface area (Å²) in [5.41, 5.74) is 2.60. The third kappa shape index (κ3) is 3.99. The minimum atomic E-state index is -0.131. The molecule has 0 spiro atoms. The van der Waals surface area contributed by atoms with E-state index in [4.69, 9.17) is 0 Å². The molecular weight excluding hydrogens is 210 g/mol. The smallest absolute Gasteiger partial charge is 0.0667 e. The number of aliphatic hydroxyl groups excluding tert-OH is 1. The molecule has 1 atom stereocenters. The molecule has 1 aromatic carbocycles. The van der Waals surface area contributed by atoms with Crippen molar-refractivity contribution < 1.29 is 5.11 Å². The fraction of sp³-hybridized carbons (Fsp3) is 0.467. The summed E-state index contributed by atoms with van der Waals surface area (Å²) in [6, 6.07) is 10.4. The second-order valence-electron chi connectivity index (χ2n) is 4.93. The predicted octanol–water partition coefficient (Wildman–Crippen LogP) is 2.55. The molecule has 0 radical (unpaired) electrons. The highest BCUT2D eigenvalue weighted by Gasteiger charge is 2.17. The number of aliphatic hydroxyl groups is 1. The van der Waals surface area contributed by atoms with E-state index in [0.29, 0.717) is 0 Å². The highest BCUT2D eigenvalue weighted by molar-refractivity contribution is 5.52. The molecule has 92 valence electrons. The quantitative estimate of drug-likeness (QED) is 0.864. The van der Waals surface area contributed by atoms with Gasteiger partial charge in [0.2, 0.25) is 0 Å². The number of hydrogen-bond acceptors (Lipinski definition) is 2. The summed E-state index contributed by atoms with van der Waals surface area (Å²) in [5.74, 6) is 0. The van der Waals surface area contributed by atoms with Gasteiger partial charge in [-0.05, 0) is 31.9 Å². The van der Waals surface area contributed by atoms with Gasteiger partial charge in [-0.15, -0.1) is 0 Å². The Kier molecular flexibility index (Phi) is 4.35. The van der Waals surface area contributed by atoms with Crippen LogP contribution in [-0.4, -0.2) is 35.7 Å². The Hall–Kier alpha value is -1.12. The molecule has 1 aliphatic rings. The van der Waals surface area contributed by atoms with Gasteiger partial charge in [0.05, 0.1) is 6.10 Å². The van der Waals surface area contributed by atoms with E-state index in [0.717, 1.165) is 32.5 Å². The molecule has 1 N–H and O–H groups in total. The van der Waals surface area contributed by atoms with E-state index in [1.807, 2.05) is 6.07 Å². The van der Waals surface area contributed by atoms with E-state index in [-0.39, 0.29) is 6.10 Å². The first-order valence-corrected chi connectivity index (χ1v) is 6.36. The van der Waals surface area contributed by atoms with E-state index in [1.165, 1.54) is 11.1 Å². The number of rotatable bonds is 3. The molecule has 2 rings (SSSR count). The van der Waals surface area contributed by atoms with Crippen molar-refractivity contribution >= 4 is 6.08 Å². The third-order valence-electron chi connectivity index (χ3n) is 3.17. The van der Waals surface area contributed by atoms with Crippen LogP contribution in [0.2, 0.25) is 0 Å². The van der Waals surface area contributed by atoms with Crippen LogP contribution in [-0.2, 0) is 0 Å². The van der Waals surface area contributed by atoms with Crippen LogP contribution in [0.4, 0.5) is 0 Å². The van der Waals surface area contributed by atoms with Crippen LogP contribution in [0.1, 0.15) is 25.3 Å². The maximum atomic E-state index is 9.62. The molecule has 0 aromatic heterocycles. The van der Waals surface area contributed by atoms with Crippen molar-refractivity contribution in [1.82, 2.24) is 4.90 Å². The molecule has 0 bridgehead atoms. The number of hydrogen-bond donors (Lipinski definition) is 1. The summed E-state index contributed by atoms with van der Waals surface area (Å²) in [6.45, 7) is 5.05. The number of piperidine rings is 1. The van der Waals surface area contributed by atoms with Gasteiger partial charge in [0.15, 0.2) is 0 Å². The topological polar surface area (TPSA) is 23.5 Å². The van der Waals surface area contributed by atoms with Crippen molar-refractivity contribution in [3.63, 3.8) is 0 Å². The lowest BCUT2D eigenvalue weighted by Gasteiger charge is -2.30. The zero-order valence-electron chi connectivity index (χ0n) is 10.5. The van der Waals surface area contributed by atoms with Crippen LogP contribution < -0.4 is 0 Å². The van der Waals surface area contributed by atoms with E-state index >= 15 is 0 Å². The van der Waals surface area contributed by atoms with Crippen LogP contribution >= 0.6 is 0 Å². The second-order valence-corrected chi connectivity index (χ2v) is 4.93. The van der Waals surface area contributed by atoms with Crippen molar-refractivity contribution in [1.29, 1.82) is 0 Å². The van der Waals surface area contributed by atoms with Gasteiger partial charge in [0.1, 0.15) is 0 Å². The van der Waals surface area contributed by atoms with Crippen molar-refractivity contribution in [2.45, 2.75) is 25.9 Å². The van der Waals surface area contributed by atoms with Gasteiger partial charge in [0.25, 0.3) is 0 Å². The molecule has 2 heteroatoms. The average Bonchev–Trinajstić information content (AvgIpc) is 2.30. The Labute approximate surface area is 104 Å². The third-order valence-corrected chi connectivity index (χ3v) is 3.17. The van der Waals surface area contributed by atoms with Gasteiger partial charge in [-0.2, -0.15) is 0 Å². The van der Waals surface area contributed by atoms with Crippen molar-refractivity contribution in [3.8, 4) is 0 Å². The minimum absolute atomic E-state index is 0.131. The van der Waals surface area contributed by atoms with Crippen LogP contribution in [0, 0.1) is 0 Å². The van der Waals surface area contributed by atoms with Crippen LogP contribution in [0.5, 0.6) is 0 Å². The van der Waals surface area contributed by atoms with Crippen LogP contribution in [0.25, 0.3) is 6.08 Å². The van der Waals surface area contributed by atoms with E-state index < -0.39 is 0 Å². The SMILES string of the molecule is C/C(=C/c1ccccc1)CN1CCCC(O)C1. The summed E-state index contributed by atoms with van der Waals surface area (Å²) < 4.78 is 0. The molecular formula is C15H21NO. The van der Waals surface area contributed by atoms with Crippen molar-refractivity contribution in [3.05, 3.63) is 41.5 Å². The van der Waals surface area contributed by atoms with E-state index in [1.54, 1.807) is 0 Å².